The van der Waals surface area contributed by atoms with E-state index in [0.29, 0.717) is 42.6 Å². The second kappa shape index (κ2) is 6.97. The van der Waals surface area contributed by atoms with Gasteiger partial charge in [-0.25, -0.2) is 4.79 Å². The number of rotatable bonds is 7. The van der Waals surface area contributed by atoms with Crippen molar-refractivity contribution >= 4 is 23.3 Å². The molecule has 0 radical (unpaired) electrons. The van der Waals surface area contributed by atoms with Crippen molar-refractivity contribution in [1.29, 1.82) is 0 Å². The van der Waals surface area contributed by atoms with Crippen LogP contribution in [0, 0.1) is 0 Å². The summed E-state index contributed by atoms with van der Waals surface area (Å²) in [4.78, 5) is 23.1. The third kappa shape index (κ3) is 4.66. The molecule has 1 saturated carbocycles. The van der Waals surface area contributed by atoms with Gasteiger partial charge in [-0.15, -0.1) is 0 Å². The summed E-state index contributed by atoms with van der Waals surface area (Å²) in [6.45, 7) is 2.58. The molecule has 6 nitrogen and oxygen atoms in total. The standard InChI is InChI=1S/C15H21N3O3/c1-2-21-15(20)10-3-6-13(12(16)9-10)17-8-7-14(19)18-11-4-5-11/h3,6,9,11,17H,2,4-5,7-8,16H2,1H3,(H,18,19). The lowest BCUT2D eigenvalue weighted by Crippen LogP contribution is -2.27. The first-order valence-electron chi connectivity index (χ1n) is 7.20. The van der Waals surface area contributed by atoms with Crippen LogP contribution in [0.5, 0.6) is 0 Å². The van der Waals surface area contributed by atoms with E-state index in [2.05, 4.69) is 10.6 Å². The van der Waals surface area contributed by atoms with Crippen LogP contribution in [-0.2, 0) is 9.53 Å². The molecule has 1 aliphatic rings. The maximum absolute atomic E-state index is 11.6. The SMILES string of the molecule is CCOC(=O)c1ccc(NCCC(=O)NC2CC2)c(N)c1. The Hall–Kier alpha value is -2.24. The fourth-order valence-corrected chi connectivity index (χ4v) is 1.90. The highest BCUT2D eigenvalue weighted by Gasteiger charge is 2.22. The van der Waals surface area contributed by atoms with E-state index in [-0.39, 0.29) is 11.9 Å². The van der Waals surface area contributed by atoms with Gasteiger partial charge < -0.3 is 21.1 Å². The molecule has 21 heavy (non-hydrogen) atoms. The van der Waals surface area contributed by atoms with Crippen LogP contribution in [0.4, 0.5) is 11.4 Å². The zero-order valence-corrected chi connectivity index (χ0v) is 12.1. The van der Waals surface area contributed by atoms with Crippen LogP contribution in [0.3, 0.4) is 0 Å². The summed E-state index contributed by atoms with van der Waals surface area (Å²) in [6.07, 6.45) is 2.57. The van der Waals surface area contributed by atoms with Gasteiger partial charge in [-0.1, -0.05) is 0 Å². The maximum Gasteiger partial charge on any atom is 0.338 e. The van der Waals surface area contributed by atoms with Crippen molar-refractivity contribution in [3.05, 3.63) is 23.8 Å². The van der Waals surface area contributed by atoms with Crippen molar-refractivity contribution in [3.63, 3.8) is 0 Å². The van der Waals surface area contributed by atoms with Crippen LogP contribution in [0.1, 0.15) is 36.5 Å². The van der Waals surface area contributed by atoms with E-state index >= 15 is 0 Å². The second-order valence-electron chi connectivity index (χ2n) is 5.04. The lowest BCUT2D eigenvalue weighted by Gasteiger charge is -2.10. The van der Waals surface area contributed by atoms with E-state index in [9.17, 15) is 9.59 Å². The van der Waals surface area contributed by atoms with Crippen LogP contribution in [0.2, 0.25) is 0 Å². The molecule has 0 spiro atoms. The van der Waals surface area contributed by atoms with Crippen LogP contribution in [0.25, 0.3) is 0 Å². The summed E-state index contributed by atoms with van der Waals surface area (Å²) in [5, 5.41) is 6.02. The van der Waals surface area contributed by atoms with Crippen LogP contribution in [-0.4, -0.2) is 31.1 Å². The smallest absolute Gasteiger partial charge is 0.338 e. The highest BCUT2D eigenvalue weighted by molar-refractivity contribution is 5.92. The van der Waals surface area contributed by atoms with Gasteiger partial charge in [0.25, 0.3) is 0 Å². The number of carbonyl (C=O) groups excluding carboxylic acids is 2. The van der Waals surface area contributed by atoms with Crippen molar-refractivity contribution in [2.24, 2.45) is 0 Å². The number of nitrogens with one attached hydrogen (secondary N) is 2. The maximum atomic E-state index is 11.6. The zero-order valence-electron chi connectivity index (χ0n) is 12.1. The average Bonchev–Trinajstić information content (AvgIpc) is 3.24. The van der Waals surface area contributed by atoms with Crippen molar-refractivity contribution in [2.45, 2.75) is 32.2 Å². The molecule has 1 aromatic carbocycles. The van der Waals surface area contributed by atoms with Crippen LogP contribution < -0.4 is 16.4 Å². The first-order valence-corrected chi connectivity index (χ1v) is 7.20. The Labute approximate surface area is 124 Å². The molecule has 0 aliphatic heterocycles. The number of esters is 1. The molecule has 1 amide bonds. The summed E-state index contributed by atoms with van der Waals surface area (Å²) in [5.74, 6) is -0.341. The Morgan fingerprint density at radius 1 is 1.38 bits per heavy atom. The molecule has 0 bridgehead atoms. The van der Waals surface area contributed by atoms with Gasteiger partial charge in [0.2, 0.25) is 5.91 Å². The third-order valence-corrected chi connectivity index (χ3v) is 3.17. The third-order valence-electron chi connectivity index (χ3n) is 3.17. The van der Waals surface area contributed by atoms with Crippen molar-refractivity contribution in [2.75, 3.05) is 24.2 Å². The number of hydrogen-bond acceptors (Lipinski definition) is 5. The summed E-state index contributed by atoms with van der Waals surface area (Å²) >= 11 is 0. The predicted octanol–water partition coefficient (Wildman–Crippen LogP) is 1.53. The van der Waals surface area contributed by atoms with Crippen molar-refractivity contribution in [1.82, 2.24) is 5.32 Å². The van der Waals surface area contributed by atoms with E-state index < -0.39 is 0 Å². The number of nitrogen functional groups attached to an aromatic ring is 1. The highest BCUT2D eigenvalue weighted by atomic mass is 16.5. The molecule has 0 saturated heterocycles. The lowest BCUT2D eigenvalue weighted by molar-refractivity contribution is -0.120. The number of benzene rings is 1. The summed E-state index contributed by atoms with van der Waals surface area (Å²) in [7, 11) is 0. The summed E-state index contributed by atoms with van der Waals surface area (Å²) in [5.41, 5.74) is 7.49. The van der Waals surface area contributed by atoms with E-state index in [4.69, 9.17) is 10.5 Å². The van der Waals surface area contributed by atoms with E-state index in [1.54, 1.807) is 25.1 Å². The molecule has 4 N–H and O–H groups in total. The number of amides is 1. The van der Waals surface area contributed by atoms with Gasteiger partial charge in [0, 0.05) is 19.0 Å². The van der Waals surface area contributed by atoms with Crippen LogP contribution >= 0.6 is 0 Å². The van der Waals surface area contributed by atoms with Crippen molar-refractivity contribution < 1.29 is 14.3 Å². The lowest BCUT2D eigenvalue weighted by atomic mass is 10.1. The summed E-state index contributed by atoms with van der Waals surface area (Å²) in [6, 6.07) is 5.33. The minimum Gasteiger partial charge on any atom is -0.462 e. The normalized spacial score (nSPS) is 13.6. The largest absolute Gasteiger partial charge is 0.462 e. The Morgan fingerprint density at radius 3 is 2.76 bits per heavy atom. The van der Waals surface area contributed by atoms with E-state index in [1.807, 2.05) is 0 Å². The second-order valence-corrected chi connectivity index (χ2v) is 5.04. The average molecular weight is 291 g/mol. The van der Waals surface area contributed by atoms with Crippen molar-refractivity contribution in [3.8, 4) is 0 Å². The molecular formula is C15H21N3O3. The molecule has 0 heterocycles. The predicted molar refractivity (Wildman–Crippen MR) is 81.1 cm³/mol. The quantitative estimate of drug-likeness (QED) is 0.523. The van der Waals surface area contributed by atoms with Gasteiger partial charge in [-0.3, -0.25) is 4.79 Å². The van der Waals surface area contributed by atoms with Gasteiger partial charge in [0.05, 0.1) is 23.5 Å². The molecule has 6 heteroatoms. The molecule has 0 unspecified atom stereocenters. The Morgan fingerprint density at radius 2 is 2.14 bits per heavy atom. The van der Waals surface area contributed by atoms with Crippen LogP contribution in [0.15, 0.2) is 18.2 Å². The Kier molecular flexibility index (Phi) is 5.03. The molecule has 1 aromatic rings. The molecule has 0 atom stereocenters. The molecule has 114 valence electrons. The topological polar surface area (TPSA) is 93.4 Å². The van der Waals surface area contributed by atoms with E-state index in [0.717, 1.165) is 12.8 Å². The molecular weight excluding hydrogens is 270 g/mol. The molecule has 0 aromatic heterocycles. The van der Waals surface area contributed by atoms with Gasteiger partial charge in [-0.2, -0.15) is 0 Å². The van der Waals surface area contributed by atoms with Gasteiger partial charge >= 0.3 is 5.97 Å². The number of nitrogens with two attached hydrogens (primary N) is 1. The fourth-order valence-electron chi connectivity index (χ4n) is 1.90. The summed E-state index contributed by atoms with van der Waals surface area (Å²) < 4.78 is 4.91. The number of anilines is 2. The fraction of sp³-hybridized carbons (Fsp3) is 0.467. The Balaban J connectivity index is 1.82. The zero-order chi connectivity index (χ0) is 15.2. The van der Waals surface area contributed by atoms with Gasteiger partial charge in [0.1, 0.15) is 0 Å². The number of ether oxygens (including phenoxy) is 1. The first kappa shape index (κ1) is 15.2. The Bertz CT molecular complexity index is 527. The first-order chi connectivity index (χ1) is 10.1. The minimum atomic E-state index is -0.389. The van der Waals surface area contributed by atoms with Gasteiger partial charge in [-0.05, 0) is 38.0 Å². The van der Waals surface area contributed by atoms with Gasteiger partial charge in [0.15, 0.2) is 0 Å². The molecule has 2 rings (SSSR count). The minimum absolute atomic E-state index is 0.0479. The highest BCUT2D eigenvalue weighted by Crippen LogP contribution is 2.21. The van der Waals surface area contributed by atoms with E-state index in [1.165, 1.54) is 0 Å². The number of hydrogen-bond donors (Lipinski definition) is 3. The number of carbonyl (C=O) groups is 2. The molecule has 1 aliphatic carbocycles. The molecule has 1 fully saturated rings. The monoisotopic (exact) mass is 291 g/mol.